The van der Waals surface area contributed by atoms with Crippen molar-refractivity contribution in [3.05, 3.63) is 17.5 Å². The van der Waals surface area contributed by atoms with Crippen LogP contribution in [-0.4, -0.2) is 29.6 Å². The summed E-state index contributed by atoms with van der Waals surface area (Å²) in [6.07, 6.45) is 2.94. The predicted molar refractivity (Wildman–Crippen MR) is 62.0 cm³/mol. The third-order valence-corrected chi connectivity index (χ3v) is 3.53. The van der Waals surface area contributed by atoms with Gasteiger partial charge in [0, 0.05) is 19.1 Å². The zero-order valence-corrected chi connectivity index (χ0v) is 10.4. The Bertz CT molecular complexity index is 396. The van der Waals surface area contributed by atoms with E-state index in [2.05, 4.69) is 10.5 Å². The molecule has 1 saturated carbocycles. The van der Waals surface area contributed by atoms with Gasteiger partial charge in [-0.25, -0.2) is 0 Å². The second-order valence-corrected chi connectivity index (χ2v) is 4.60. The number of ether oxygens (including phenoxy) is 1. The number of methoxy groups -OCH3 is 1. The normalized spacial score (nSPS) is 17.5. The maximum absolute atomic E-state index is 11.9. The highest BCUT2D eigenvalue weighted by Crippen LogP contribution is 2.33. The van der Waals surface area contributed by atoms with Crippen molar-refractivity contribution in [1.29, 1.82) is 0 Å². The Balaban J connectivity index is 1.99. The van der Waals surface area contributed by atoms with Crippen molar-refractivity contribution in [3.8, 4) is 0 Å². The summed E-state index contributed by atoms with van der Waals surface area (Å²) in [6, 6.07) is 1.58. The van der Waals surface area contributed by atoms with E-state index in [0.717, 1.165) is 19.3 Å². The predicted octanol–water partition coefficient (Wildman–Crippen LogP) is 1.71. The zero-order chi connectivity index (χ0) is 12.3. The molecule has 0 unspecified atom stereocenters. The molecule has 94 valence electrons. The van der Waals surface area contributed by atoms with Gasteiger partial charge in [0.05, 0.1) is 5.54 Å². The van der Waals surface area contributed by atoms with Gasteiger partial charge < -0.3 is 14.6 Å². The van der Waals surface area contributed by atoms with E-state index in [1.165, 1.54) is 0 Å². The van der Waals surface area contributed by atoms with Crippen molar-refractivity contribution in [3.63, 3.8) is 0 Å². The third-order valence-electron chi connectivity index (χ3n) is 3.02. The van der Waals surface area contributed by atoms with E-state index >= 15 is 0 Å². The lowest BCUT2D eigenvalue weighted by Crippen LogP contribution is -2.55. The molecule has 1 aliphatic rings. The minimum Gasteiger partial charge on any atom is -0.377 e. The fraction of sp³-hybridized carbons (Fsp3) is 0.636. The van der Waals surface area contributed by atoms with Crippen LogP contribution in [0.5, 0.6) is 0 Å². The van der Waals surface area contributed by atoms with Crippen molar-refractivity contribution >= 4 is 17.5 Å². The molecule has 17 heavy (non-hydrogen) atoms. The van der Waals surface area contributed by atoms with Crippen molar-refractivity contribution in [2.75, 3.05) is 13.0 Å². The van der Waals surface area contributed by atoms with Crippen LogP contribution >= 0.6 is 11.6 Å². The van der Waals surface area contributed by atoms with Crippen LogP contribution in [0.4, 0.5) is 0 Å². The first-order valence-electron chi connectivity index (χ1n) is 5.52. The molecule has 0 aromatic carbocycles. The number of amides is 1. The quantitative estimate of drug-likeness (QED) is 0.817. The minimum atomic E-state index is -0.251. The Morgan fingerprint density at radius 2 is 2.47 bits per heavy atom. The molecule has 1 aromatic rings. The summed E-state index contributed by atoms with van der Waals surface area (Å²) in [7, 11) is 1.55. The van der Waals surface area contributed by atoms with E-state index < -0.39 is 0 Å². The van der Waals surface area contributed by atoms with Gasteiger partial charge in [0.1, 0.15) is 6.61 Å². The Kier molecular flexibility index (Phi) is 3.69. The Labute approximate surface area is 104 Å². The first-order chi connectivity index (χ1) is 8.19. The molecular formula is C11H15ClN2O3. The molecule has 0 aliphatic heterocycles. The number of alkyl halides is 1. The van der Waals surface area contributed by atoms with Gasteiger partial charge in [-0.3, -0.25) is 4.79 Å². The van der Waals surface area contributed by atoms with Crippen molar-refractivity contribution in [2.45, 2.75) is 31.4 Å². The fourth-order valence-corrected chi connectivity index (χ4v) is 2.16. The smallest absolute Gasteiger partial charge is 0.273 e. The van der Waals surface area contributed by atoms with Gasteiger partial charge in [0.2, 0.25) is 0 Å². The summed E-state index contributed by atoms with van der Waals surface area (Å²) >= 11 is 5.87. The molecule has 2 rings (SSSR count). The fourth-order valence-electron chi connectivity index (χ4n) is 1.83. The molecule has 1 amide bonds. The minimum absolute atomic E-state index is 0.239. The van der Waals surface area contributed by atoms with E-state index in [0.29, 0.717) is 18.2 Å². The Hall–Kier alpha value is -1.07. The van der Waals surface area contributed by atoms with Crippen molar-refractivity contribution in [1.82, 2.24) is 10.5 Å². The maximum Gasteiger partial charge on any atom is 0.273 e. The summed E-state index contributed by atoms with van der Waals surface area (Å²) in [4.78, 5) is 11.9. The third kappa shape index (κ3) is 2.61. The highest BCUT2D eigenvalue weighted by Gasteiger charge is 2.38. The molecule has 6 heteroatoms. The average Bonchev–Trinajstić information content (AvgIpc) is 2.72. The second-order valence-electron chi connectivity index (χ2n) is 4.33. The van der Waals surface area contributed by atoms with Crippen LogP contribution in [0.2, 0.25) is 0 Å². The molecule has 5 nitrogen and oxygen atoms in total. The van der Waals surface area contributed by atoms with Crippen LogP contribution in [0.25, 0.3) is 0 Å². The van der Waals surface area contributed by atoms with E-state index in [-0.39, 0.29) is 17.1 Å². The standard InChI is InChI=1S/C11H15ClN2O3/c1-16-6-8-5-9(14-17-8)10(15)13-11(7-12)3-2-4-11/h5H,2-4,6-7H2,1H3,(H,13,15). The molecule has 0 spiro atoms. The molecule has 1 fully saturated rings. The molecule has 1 heterocycles. The van der Waals surface area contributed by atoms with E-state index in [9.17, 15) is 4.79 Å². The lowest BCUT2D eigenvalue weighted by atomic mass is 9.78. The van der Waals surface area contributed by atoms with Crippen molar-refractivity contribution in [2.24, 2.45) is 0 Å². The molecular weight excluding hydrogens is 244 g/mol. The number of aromatic nitrogens is 1. The summed E-state index contributed by atoms with van der Waals surface area (Å²) in [5, 5.41) is 6.62. The number of nitrogens with one attached hydrogen (secondary N) is 1. The summed E-state index contributed by atoms with van der Waals surface area (Å²) < 4.78 is 9.85. The van der Waals surface area contributed by atoms with Gasteiger partial charge >= 0.3 is 0 Å². The molecule has 0 bridgehead atoms. The lowest BCUT2D eigenvalue weighted by molar-refractivity contribution is 0.0844. The highest BCUT2D eigenvalue weighted by atomic mass is 35.5. The first kappa shape index (κ1) is 12.4. The van der Waals surface area contributed by atoms with Gasteiger partial charge in [0.25, 0.3) is 5.91 Å². The van der Waals surface area contributed by atoms with Gasteiger partial charge in [-0.2, -0.15) is 0 Å². The summed E-state index contributed by atoms with van der Waals surface area (Å²) in [5.41, 5.74) is 0.0207. The molecule has 0 radical (unpaired) electrons. The Morgan fingerprint density at radius 1 is 1.71 bits per heavy atom. The van der Waals surface area contributed by atoms with Crippen LogP contribution in [0, 0.1) is 0 Å². The first-order valence-corrected chi connectivity index (χ1v) is 6.05. The SMILES string of the molecule is COCc1cc(C(=O)NC2(CCl)CCC2)no1. The van der Waals surface area contributed by atoms with Crippen LogP contribution in [0.3, 0.4) is 0 Å². The van der Waals surface area contributed by atoms with Crippen LogP contribution < -0.4 is 5.32 Å². The van der Waals surface area contributed by atoms with Crippen LogP contribution in [0.1, 0.15) is 35.5 Å². The van der Waals surface area contributed by atoms with E-state index in [1.807, 2.05) is 0 Å². The highest BCUT2D eigenvalue weighted by molar-refractivity contribution is 6.19. The summed E-state index contributed by atoms with van der Waals surface area (Å²) in [5.74, 6) is 0.726. The van der Waals surface area contributed by atoms with Crippen molar-refractivity contribution < 1.29 is 14.1 Å². The number of hydrogen-bond donors (Lipinski definition) is 1. The number of nitrogens with zero attached hydrogens (tertiary/aromatic N) is 1. The molecule has 1 N–H and O–H groups in total. The van der Waals surface area contributed by atoms with E-state index in [1.54, 1.807) is 13.2 Å². The largest absolute Gasteiger partial charge is 0.377 e. The number of carbonyl (C=O) groups excluding carboxylic acids is 1. The van der Waals surface area contributed by atoms with Crippen LogP contribution in [0.15, 0.2) is 10.6 Å². The zero-order valence-electron chi connectivity index (χ0n) is 9.66. The second kappa shape index (κ2) is 5.06. The topological polar surface area (TPSA) is 64.4 Å². The van der Waals surface area contributed by atoms with Gasteiger partial charge in [-0.1, -0.05) is 5.16 Å². The lowest BCUT2D eigenvalue weighted by Gasteiger charge is -2.40. The molecule has 1 aromatic heterocycles. The summed E-state index contributed by atoms with van der Waals surface area (Å²) in [6.45, 7) is 0.306. The maximum atomic E-state index is 11.9. The number of rotatable bonds is 5. The molecule has 0 saturated heterocycles. The number of hydrogen-bond acceptors (Lipinski definition) is 4. The average molecular weight is 259 g/mol. The van der Waals surface area contributed by atoms with Gasteiger partial charge in [-0.15, -0.1) is 11.6 Å². The number of halogens is 1. The van der Waals surface area contributed by atoms with E-state index in [4.69, 9.17) is 20.9 Å². The van der Waals surface area contributed by atoms with Gasteiger partial charge in [0.15, 0.2) is 11.5 Å². The monoisotopic (exact) mass is 258 g/mol. The molecule has 0 atom stereocenters. The molecule has 1 aliphatic carbocycles. The van der Waals surface area contributed by atoms with Gasteiger partial charge in [-0.05, 0) is 19.3 Å². The van der Waals surface area contributed by atoms with Crippen LogP contribution in [-0.2, 0) is 11.3 Å². The number of carbonyl (C=O) groups is 1. The Morgan fingerprint density at radius 3 is 3.00 bits per heavy atom.